The zero-order chi connectivity index (χ0) is 15.7. The molecule has 0 aliphatic carbocycles. The molecule has 0 bridgehead atoms. The number of fused-ring (bicyclic) bond motifs is 1. The van der Waals surface area contributed by atoms with Gasteiger partial charge < -0.3 is 10.0 Å². The maximum atomic E-state index is 12.7. The number of carbonyl (C=O) groups excluding carboxylic acids is 1. The van der Waals surface area contributed by atoms with Gasteiger partial charge in [0.25, 0.3) is 5.91 Å². The van der Waals surface area contributed by atoms with Gasteiger partial charge in [0.05, 0.1) is 29.6 Å². The first-order valence-corrected chi connectivity index (χ1v) is 7.52. The van der Waals surface area contributed by atoms with Crippen LogP contribution in [0.1, 0.15) is 46.9 Å². The predicted octanol–water partition coefficient (Wildman–Crippen LogP) is 1.69. The topological polar surface area (TPSA) is 71.2 Å². The van der Waals surface area contributed by atoms with Crippen molar-refractivity contribution in [3.63, 3.8) is 0 Å². The van der Waals surface area contributed by atoms with E-state index < -0.39 is 6.10 Å². The van der Waals surface area contributed by atoms with Gasteiger partial charge in [-0.1, -0.05) is 0 Å². The van der Waals surface area contributed by atoms with Crippen LogP contribution in [0.15, 0.2) is 24.4 Å². The number of aryl methyl sites for hydroxylation is 2. The van der Waals surface area contributed by atoms with Gasteiger partial charge in [0, 0.05) is 25.0 Å². The monoisotopic (exact) mass is 300 g/mol. The second-order valence-corrected chi connectivity index (χ2v) is 5.68. The van der Waals surface area contributed by atoms with Crippen LogP contribution >= 0.6 is 0 Å². The van der Waals surface area contributed by atoms with E-state index in [1.54, 1.807) is 19.2 Å². The van der Waals surface area contributed by atoms with Crippen molar-refractivity contribution >= 4 is 5.91 Å². The number of amides is 1. The maximum Gasteiger partial charge on any atom is 0.256 e. The van der Waals surface area contributed by atoms with Crippen LogP contribution < -0.4 is 0 Å². The number of aliphatic hydroxyl groups excluding tert-OH is 1. The van der Waals surface area contributed by atoms with Gasteiger partial charge in [0.1, 0.15) is 0 Å². The van der Waals surface area contributed by atoms with E-state index in [-0.39, 0.29) is 5.91 Å². The van der Waals surface area contributed by atoms with Gasteiger partial charge in [0.2, 0.25) is 0 Å². The Morgan fingerprint density at radius 2 is 2.23 bits per heavy atom. The summed E-state index contributed by atoms with van der Waals surface area (Å²) in [5.74, 6) is -0.00107. The minimum Gasteiger partial charge on any atom is -0.387 e. The predicted molar refractivity (Wildman–Crippen MR) is 81.2 cm³/mol. The van der Waals surface area contributed by atoms with Gasteiger partial charge in [-0.3, -0.25) is 14.5 Å². The van der Waals surface area contributed by atoms with E-state index in [9.17, 15) is 9.90 Å². The number of aliphatic hydroxyl groups is 1. The lowest BCUT2D eigenvalue weighted by Crippen LogP contribution is -2.31. The summed E-state index contributed by atoms with van der Waals surface area (Å²) in [4.78, 5) is 18.8. The van der Waals surface area contributed by atoms with Crippen molar-refractivity contribution in [3.8, 4) is 0 Å². The first-order valence-electron chi connectivity index (χ1n) is 7.52. The van der Waals surface area contributed by atoms with Crippen LogP contribution in [0.5, 0.6) is 0 Å². The van der Waals surface area contributed by atoms with E-state index in [4.69, 9.17) is 0 Å². The third kappa shape index (κ3) is 2.74. The fourth-order valence-electron chi connectivity index (χ4n) is 2.74. The molecule has 0 aromatic carbocycles. The van der Waals surface area contributed by atoms with Crippen molar-refractivity contribution in [2.45, 2.75) is 39.5 Å². The summed E-state index contributed by atoms with van der Waals surface area (Å²) in [6.45, 7) is 5.51. The maximum absolute atomic E-state index is 12.7. The van der Waals surface area contributed by atoms with Crippen molar-refractivity contribution in [2.24, 2.45) is 0 Å². The molecule has 0 saturated carbocycles. The lowest BCUT2D eigenvalue weighted by molar-refractivity contribution is 0.0744. The SMILES string of the molecule is Cc1ncccc1C(=O)N1CCCn2nc([C@@H](C)O)cc2C1. The van der Waals surface area contributed by atoms with Gasteiger partial charge in [-0.05, 0) is 38.5 Å². The highest BCUT2D eigenvalue weighted by atomic mass is 16.3. The Labute approximate surface area is 129 Å². The zero-order valence-electron chi connectivity index (χ0n) is 12.9. The first kappa shape index (κ1) is 14.7. The smallest absolute Gasteiger partial charge is 0.256 e. The fraction of sp³-hybridized carbons (Fsp3) is 0.438. The minimum absolute atomic E-state index is 0.00107. The Hall–Kier alpha value is -2.21. The summed E-state index contributed by atoms with van der Waals surface area (Å²) in [7, 11) is 0. The largest absolute Gasteiger partial charge is 0.387 e. The van der Waals surface area contributed by atoms with Crippen molar-refractivity contribution in [1.29, 1.82) is 0 Å². The highest BCUT2D eigenvalue weighted by molar-refractivity contribution is 5.95. The summed E-state index contributed by atoms with van der Waals surface area (Å²) in [5.41, 5.74) is 3.01. The van der Waals surface area contributed by atoms with Crippen LogP contribution in [-0.2, 0) is 13.1 Å². The Bertz CT molecular complexity index is 693. The van der Waals surface area contributed by atoms with Crippen LogP contribution in [0.4, 0.5) is 0 Å². The molecule has 1 aliphatic heterocycles. The molecule has 2 aromatic rings. The van der Waals surface area contributed by atoms with E-state index in [1.165, 1.54) is 0 Å². The van der Waals surface area contributed by atoms with E-state index >= 15 is 0 Å². The summed E-state index contributed by atoms with van der Waals surface area (Å²) < 4.78 is 1.89. The van der Waals surface area contributed by atoms with Crippen LogP contribution in [0.2, 0.25) is 0 Å². The van der Waals surface area contributed by atoms with E-state index in [1.807, 2.05) is 28.6 Å². The van der Waals surface area contributed by atoms with Crippen molar-refractivity contribution in [3.05, 3.63) is 47.0 Å². The van der Waals surface area contributed by atoms with Crippen LogP contribution in [0, 0.1) is 6.92 Å². The molecule has 0 fully saturated rings. The van der Waals surface area contributed by atoms with Gasteiger partial charge in [-0.25, -0.2) is 0 Å². The fourth-order valence-corrected chi connectivity index (χ4v) is 2.74. The Balaban J connectivity index is 1.86. The van der Waals surface area contributed by atoms with E-state index in [0.717, 1.165) is 24.4 Å². The van der Waals surface area contributed by atoms with Gasteiger partial charge in [0.15, 0.2) is 0 Å². The summed E-state index contributed by atoms with van der Waals surface area (Å²) in [6, 6.07) is 5.48. The molecule has 3 rings (SSSR count). The average molecular weight is 300 g/mol. The van der Waals surface area contributed by atoms with E-state index in [2.05, 4.69) is 10.1 Å². The molecule has 0 radical (unpaired) electrons. The number of carbonyl (C=O) groups is 1. The highest BCUT2D eigenvalue weighted by Gasteiger charge is 2.23. The number of rotatable bonds is 2. The molecule has 0 saturated heterocycles. The molecule has 3 heterocycles. The quantitative estimate of drug-likeness (QED) is 0.916. The third-order valence-corrected chi connectivity index (χ3v) is 3.99. The minimum atomic E-state index is -0.593. The molecule has 22 heavy (non-hydrogen) atoms. The van der Waals surface area contributed by atoms with Crippen molar-refractivity contribution < 1.29 is 9.90 Å². The molecular weight excluding hydrogens is 280 g/mol. The number of pyridine rings is 1. The zero-order valence-corrected chi connectivity index (χ0v) is 12.9. The second-order valence-electron chi connectivity index (χ2n) is 5.68. The van der Waals surface area contributed by atoms with Gasteiger partial charge >= 0.3 is 0 Å². The highest BCUT2D eigenvalue weighted by Crippen LogP contribution is 2.19. The summed E-state index contributed by atoms with van der Waals surface area (Å²) in [5, 5.41) is 14.1. The number of nitrogens with zero attached hydrogens (tertiary/aromatic N) is 4. The Morgan fingerprint density at radius 3 is 2.95 bits per heavy atom. The molecule has 116 valence electrons. The Kier molecular flexibility index (Phi) is 3.94. The molecule has 1 atom stereocenters. The number of hydrogen-bond acceptors (Lipinski definition) is 4. The van der Waals surface area contributed by atoms with E-state index in [0.29, 0.717) is 24.3 Å². The summed E-state index contributed by atoms with van der Waals surface area (Å²) in [6.07, 6.45) is 1.95. The van der Waals surface area contributed by atoms with Crippen molar-refractivity contribution in [1.82, 2.24) is 19.7 Å². The molecule has 0 unspecified atom stereocenters. The lowest BCUT2D eigenvalue weighted by atomic mass is 10.1. The molecule has 0 spiro atoms. The van der Waals surface area contributed by atoms with Gasteiger partial charge in [-0.15, -0.1) is 0 Å². The second kappa shape index (κ2) is 5.88. The normalized spacial score (nSPS) is 16.0. The molecule has 6 nitrogen and oxygen atoms in total. The molecular formula is C16H20N4O2. The van der Waals surface area contributed by atoms with Gasteiger partial charge in [-0.2, -0.15) is 5.10 Å². The molecule has 2 aromatic heterocycles. The molecule has 1 aliphatic rings. The summed E-state index contributed by atoms with van der Waals surface area (Å²) >= 11 is 0. The molecule has 1 amide bonds. The van der Waals surface area contributed by atoms with Crippen molar-refractivity contribution in [2.75, 3.05) is 6.54 Å². The third-order valence-electron chi connectivity index (χ3n) is 3.99. The Morgan fingerprint density at radius 1 is 1.41 bits per heavy atom. The number of aromatic nitrogens is 3. The molecule has 1 N–H and O–H groups in total. The average Bonchev–Trinajstić information content (AvgIpc) is 2.79. The molecule has 6 heteroatoms. The lowest BCUT2D eigenvalue weighted by Gasteiger charge is -2.20. The number of hydrogen-bond donors (Lipinski definition) is 1. The standard InChI is InChI=1S/C16H20N4O2/c1-11-14(5-3-6-17-11)16(22)19-7-4-8-20-13(10-19)9-15(18-20)12(2)21/h3,5-6,9,12,21H,4,7-8,10H2,1-2H3/t12-/m1/s1. The van der Waals surface area contributed by atoms with Crippen LogP contribution in [0.25, 0.3) is 0 Å². The van der Waals surface area contributed by atoms with Crippen LogP contribution in [0.3, 0.4) is 0 Å². The first-order chi connectivity index (χ1) is 10.6. The van der Waals surface area contributed by atoms with Crippen LogP contribution in [-0.4, -0.2) is 37.2 Å².